The van der Waals surface area contributed by atoms with Crippen molar-refractivity contribution in [1.29, 1.82) is 0 Å². The third-order valence-corrected chi connectivity index (χ3v) is 8.72. The van der Waals surface area contributed by atoms with Crippen LogP contribution < -0.4 is 10.1 Å². The zero-order chi connectivity index (χ0) is 22.6. The molecule has 3 aromatic rings. The van der Waals surface area contributed by atoms with Gasteiger partial charge in [0, 0.05) is 27.8 Å². The Balaban J connectivity index is 1.52. The van der Waals surface area contributed by atoms with E-state index in [4.69, 9.17) is 4.74 Å². The molecule has 32 heavy (non-hydrogen) atoms. The predicted molar refractivity (Wildman–Crippen MR) is 130 cm³/mol. The number of thioether (sulfide) groups is 1. The van der Waals surface area contributed by atoms with Crippen molar-refractivity contribution in [2.45, 2.75) is 23.0 Å². The van der Waals surface area contributed by atoms with Crippen LogP contribution in [0.15, 0.2) is 77.7 Å². The van der Waals surface area contributed by atoms with Gasteiger partial charge < -0.3 is 10.1 Å². The summed E-state index contributed by atoms with van der Waals surface area (Å²) in [6.45, 7) is 0. The maximum absolute atomic E-state index is 13.1. The number of anilines is 1. The van der Waals surface area contributed by atoms with Gasteiger partial charge in [-0.1, -0.05) is 42.5 Å². The summed E-state index contributed by atoms with van der Waals surface area (Å²) in [6.07, 6.45) is 1.31. The van der Waals surface area contributed by atoms with E-state index in [9.17, 15) is 13.2 Å². The van der Waals surface area contributed by atoms with Crippen molar-refractivity contribution in [3.63, 3.8) is 0 Å². The SMILES string of the molecule is COc1ccc(NC(=O)c2ccccc2SC2CCS(=O)(=O)C2)cc1Cc1ccccc1. The molecule has 1 aliphatic rings. The van der Waals surface area contributed by atoms with E-state index >= 15 is 0 Å². The Bertz CT molecular complexity index is 1210. The average molecular weight is 468 g/mol. The Hall–Kier alpha value is -2.77. The Morgan fingerprint density at radius 3 is 2.53 bits per heavy atom. The molecule has 1 heterocycles. The Kier molecular flexibility index (Phi) is 6.86. The summed E-state index contributed by atoms with van der Waals surface area (Å²) in [5, 5.41) is 2.97. The molecular weight excluding hydrogens is 442 g/mol. The van der Waals surface area contributed by atoms with E-state index in [0.29, 0.717) is 24.1 Å². The number of carbonyl (C=O) groups excluding carboxylic acids is 1. The van der Waals surface area contributed by atoms with Gasteiger partial charge in [0.15, 0.2) is 9.84 Å². The molecule has 0 bridgehead atoms. The lowest BCUT2D eigenvalue weighted by Gasteiger charge is -2.14. The van der Waals surface area contributed by atoms with E-state index in [-0.39, 0.29) is 22.7 Å². The number of amides is 1. The fraction of sp³-hybridized carbons (Fsp3) is 0.240. The highest BCUT2D eigenvalue weighted by molar-refractivity contribution is 8.02. The standard InChI is InChI=1S/C25H25NO4S2/c1-30-23-12-11-20(16-19(23)15-18-7-3-2-4-8-18)26-25(27)22-9-5-6-10-24(22)31-21-13-14-32(28,29)17-21/h2-12,16,21H,13-15,17H2,1H3,(H,26,27). The molecule has 0 radical (unpaired) electrons. The fourth-order valence-corrected chi connectivity index (χ4v) is 7.43. The molecule has 4 rings (SSSR count). The molecule has 0 saturated carbocycles. The minimum Gasteiger partial charge on any atom is -0.496 e. The van der Waals surface area contributed by atoms with Crippen molar-refractivity contribution in [2.75, 3.05) is 23.9 Å². The van der Waals surface area contributed by atoms with E-state index in [2.05, 4.69) is 17.4 Å². The summed E-state index contributed by atoms with van der Waals surface area (Å²) in [6, 6.07) is 23.0. The van der Waals surface area contributed by atoms with Gasteiger partial charge in [-0.3, -0.25) is 4.79 Å². The Morgan fingerprint density at radius 1 is 1.06 bits per heavy atom. The van der Waals surface area contributed by atoms with Gasteiger partial charge in [-0.25, -0.2) is 8.42 Å². The molecule has 1 amide bonds. The monoisotopic (exact) mass is 467 g/mol. The zero-order valence-corrected chi connectivity index (χ0v) is 19.4. The molecule has 0 aliphatic carbocycles. The summed E-state index contributed by atoms with van der Waals surface area (Å²) in [5.74, 6) is 0.930. The third-order valence-electron chi connectivity index (χ3n) is 5.39. The van der Waals surface area contributed by atoms with Gasteiger partial charge in [-0.15, -0.1) is 11.8 Å². The van der Waals surface area contributed by atoms with Crippen molar-refractivity contribution >= 4 is 33.2 Å². The zero-order valence-electron chi connectivity index (χ0n) is 17.8. The maximum atomic E-state index is 13.1. The van der Waals surface area contributed by atoms with Gasteiger partial charge in [0.2, 0.25) is 0 Å². The van der Waals surface area contributed by atoms with Gasteiger partial charge in [0.25, 0.3) is 5.91 Å². The highest BCUT2D eigenvalue weighted by Crippen LogP contribution is 2.33. The summed E-state index contributed by atoms with van der Waals surface area (Å²) >= 11 is 1.47. The minimum atomic E-state index is -2.97. The summed E-state index contributed by atoms with van der Waals surface area (Å²) in [4.78, 5) is 13.9. The molecular formula is C25H25NO4S2. The van der Waals surface area contributed by atoms with E-state index in [1.807, 2.05) is 54.6 Å². The Labute approximate surface area is 193 Å². The van der Waals surface area contributed by atoms with E-state index in [1.165, 1.54) is 11.8 Å². The maximum Gasteiger partial charge on any atom is 0.256 e. The Morgan fingerprint density at radius 2 is 1.81 bits per heavy atom. The second kappa shape index (κ2) is 9.79. The number of methoxy groups -OCH3 is 1. The molecule has 166 valence electrons. The van der Waals surface area contributed by atoms with Crippen molar-refractivity contribution < 1.29 is 17.9 Å². The van der Waals surface area contributed by atoms with E-state index in [0.717, 1.165) is 21.8 Å². The predicted octanol–water partition coefficient (Wildman–Crippen LogP) is 4.82. The average Bonchev–Trinajstić information content (AvgIpc) is 3.13. The lowest BCUT2D eigenvalue weighted by Crippen LogP contribution is -2.14. The number of ether oxygens (including phenoxy) is 1. The highest BCUT2D eigenvalue weighted by Gasteiger charge is 2.29. The van der Waals surface area contributed by atoms with Crippen LogP contribution in [0.2, 0.25) is 0 Å². The van der Waals surface area contributed by atoms with Crippen LogP contribution in [0.5, 0.6) is 5.75 Å². The van der Waals surface area contributed by atoms with Gasteiger partial charge >= 0.3 is 0 Å². The fourth-order valence-electron chi connectivity index (χ4n) is 3.80. The van der Waals surface area contributed by atoms with Crippen LogP contribution in [-0.4, -0.2) is 38.2 Å². The number of rotatable bonds is 7. The van der Waals surface area contributed by atoms with Crippen LogP contribution in [0, 0.1) is 0 Å². The molecule has 1 fully saturated rings. The van der Waals surface area contributed by atoms with Crippen molar-refractivity contribution in [1.82, 2.24) is 0 Å². The first-order valence-electron chi connectivity index (χ1n) is 10.4. The first kappa shape index (κ1) is 22.4. The molecule has 3 aromatic carbocycles. The number of benzene rings is 3. The van der Waals surface area contributed by atoms with Crippen LogP contribution in [0.4, 0.5) is 5.69 Å². The minimum absolute atomic E-state index is 0.0209. The molecule has 0 spiro atoms. The first-order chi connectivity index (χ1) is 15.4. The van der Waals surface area contributed by atoms with Gasteiger partial charge in [-0.2, -0.15) is 0 Å². The van der Waals surface area contributed by atoms with Gasteiger partial charge in [-0.05, 0) is 42.3 Å². The number of carbonyl (C=O) groups is 1. The topological polar surface area (TPSA) is 72.5 Å². The van der Waals surface area contributed by atoms with Crippen LogP contribution in [0.3, 0.4) is 0 Å². The van der Waals surface area contributed by atoms with Crippen LogP contribution in [0.25, 0.3) is 0 Å². The number of hydrogen-bond acceptors (Lipinski definition) is 5. The van der Waals surface area contributed by atoms with Crippen LogP contribution >= 0.6 is 11.8 Å². The molecule has 1 N–H and O–H groups in total. The van der Waals surface area contributed by atoms with Crippen LogP contribution in [0.1, 0.15) is 27.9 Å². The molecule has 0 aromatic heterocycles. The molecule has 5 nitrogen and oxygen atoms in total. The van der Waals surface area contributed by atoms with E-state index in [1.54, 1.807) is 13.2 Å². The third kappa shape index (κ3) is 5.53. The second-order valence-electron chi connectivity index (χ2n) is 7.78. The molecule has 1 saturated heterocycles. The normalized spacial score (nSPS) is 17.1. The largest absolute Gasteiger partial charge is 0.496 e. The van der Waals surface area contributed by atoms with Crippen molar-refractivity contribution in [2.24, 2.45) is 0 Å². The quantitative estimate of drug-likeness (QED) is 0.540. The van der Waals surface area contributed by atoms with Crippen molar-refractivity contribution in [3.8, 4) is 5.75 Å². The number of nitrogens with one attached hydrogen (secondary N) is 1. The molecule has 1 unspecified atom stereocenters. The smallest absolute Gasteiger partial charge is 0.256 e. The van der Waals surface area contributed by atoms with Gasteiger partial charge in [0.05, 0.1) is 24.2 Å². The number of hydrogen-bond donors (Lipinski definition) is 1. The highest BCUT2D eigenvalue weighted by atomic mass is 32.2. The van der Waals surface area contributed by atoms with Crippen LogP contribution in [-0.2, 0) is 16.3 Å². The number of sulfone groups is 1. The van der Waals surface area contributed by atoms with E-state index < -0.39 is 9.84 Å². The lowest BCUT2D eigenvalue weighted by molar-refractivity contribution is 0.102. The summed E-state index contributed by atoms with van der Waals surface area (Å²) < 4.78 is 29.1. The molecule has 7 heteroatoms. The van der Waals surface area contributed by atoms with Crippen molar-refractivity contribution in [3.05, 3.63) is 89.5 Å². The second-order valence-corrected chi connectivity index (χ2v) is 11.4. The summed E-state index contributed by atoms with van der Waals surface area (Å²) in [7, 11) is -1.33. The van der Waals surface area contributed by atoms with Gasteiger partial charge in [0.1, 0.15) is 5.75 Å². The molecule has 1 aliphatic heterocycles. The lowest BCUT2D eigenvalue weighted by atomic mass is 10.0. The molecule has 1 atom stereocenters. The summed E-state index contributed by atoms with van der Waals surface area (Å²) in [5.41, 5.74) is 3.37. The first-order valence-corrected chi connectivity index (χ1v) is 13.1.